The summed E-state index contributed by atoms with van der Waals surface area (Å²) >= 11 is 0. The van der Waals surface area contributed by atoms with Crippen LogP contribution in [0.25, 0.3) is 0 Å². The van der Waals surface area contributed by atoms with Crippen LogP contribution >= 0.6 is 0 Å². The van der Waals surface area contributed by atoms with Gasteiger partial charge in [-0.05, 0) is 68.5 Å². The molecular weight excluding hydrogens is 447 g/mol. The third kappa shape index (κ3) is 6.25. The highest BCUT2D eigenvalue weighted by atomic mass is 32.2. The Hall–Kier alpha value is -3.07. The number of carbonyl (C=O) groups excluding carboxylic acids is 1. The topological polar surface area (TPSA) is 84.9 Å². The predicted molar refractivity (Wildman–Crippen MR) is 125 cm³/mol. The Kier molecular flexibility index (Phi) is 8.32. The van der Waals surface area contributed by atoms with E-state index in [4.69, 9.17) is 9.47 Å². The monoisotopic (exact) mass is 476 g/mol. The number of allylic oxidation sites excluding steroid dienone is 1. The summed E-state index contributed by atoms with van der Waals surface area (Å²) in [5.41, 5.74) is 1.49. The molecule has 2 aromatic rings. The first-order valence-electron chi connectivity index (χ1n) is 10.8. The van der Waals surface area contributed by atoms with Crippen molar-refractivity contribution in [3.05, 3.63) is 59.9 Å². The van der Waals surface area contributed by atoms with Crippen molar-refractivity contribution >= 4 is 21.6 Å². The molecule has 3 rings (SSSR count). The number of ether oxygens (including phenoxy) is 2. The van der Waals surface area contributed by atoms with Gasteiger partial charge in [-0.3, -0.25) is 9.10 Å². The predicted octanol–water partition coefficient (Wildman–Crippen LogP) is 4.04. The SMILES string of the molecule is COc1ccc(S(=O)(=O)N(CC(=O)NCCC2=CCCCC2)c2ccc(F)cc2)cc1OC. The van der Waals surface area contributed by atoms with Gasteiger partial charge < -0.3 is 14.8 Å². The minimum absolute atomic E-state index is 0.0790. The average molecular weight is 477 g/mol. The van der Waals surface area contributed by atoms with E-state index in [1.807, 2.05) is 0 Å². The molecule has 0 spiro atoms. The lowest BCUT2D eigenvalue weighted by atomic mass is 9.97. The number of methoxy groups -OCH3 is 2. The average Bonchev–Trinajstić information content (AvgIpc) is 2.83. The van der Waals surface area contributed by atoms with Gasteiger partial charge in [-0.2, -0.15) is 0 Å². The highest BCUT2D eigenvalue weighted by Gasteiger charge is 2.28. The smallest absolute Gasteiger partial charge is 0.264 e. The molecule has 1 amide bonds. The van der Waals surface area contributed by atoms with Crippen molar-refractivity contribution in [3.63, 3.8) is 0 Å². The first-order valence-corrected chi connectivity index (χ1v) is 12.2. The molecule has 178 valence electrons. The lowest BCUT2D eigenvalue weighted by molar-refractivity contribution is -0.119. The largest absolute Gasteiger partial charge is 0.493 e. The van der Waals surface area contributed by atoms with E-state index < -0.39 is 28.3 Å². The number of anilines is 1. The molecule has 0 unspecified atom stereocenters. The fourth-order valence-corrected chi connectivity index (χ4v) is 5.14. The quantitative estimate of drug-likeness (QED) is 0.523. The lowest BCUT2D eigenvalue weighted by Crippen LogP contribution is -2.41. The van der Waals surface area contributed by atoms with Crippen LogP contribution in [0, 0.1) is 5.82 Å². The Morgan fingerprint density at radius 2 is 1.79 bits per heavy atom. The molecule has 1 aliphatic rings. The molecule has 0 saturated carbocycles. The summed E-state index contributed by atoms with van der Waals surface area (Å²) in [5, 5.41) is 2.80. The summed E-state index contributed by atoms with van der Waals surface area (Å²) in [5.74, 6) is -0.338. The standard InChI is InChI=1S/C24H29FN2O5S/c1-31-22-13-12-21(16-23(22)32-2)33(29,30)27(20-10-8-19(25)9-11-20)17-24(28)26-15-14-18-6-4-3-5-7-18/h6,8-13,16H,3-5,7,14-15,17H2,1-2H3,(H,26,28). The van der Waals surface area contributed by atoms with Crippen molar-refractivity contribution in [1.29, 1.82) is 0 Å². The van der Waals surface area contributed by atoms with Gasteiger partial charge in [-0.25, -0.2) is 12.8 Å². The van der Waals surface area contributed by atoms with E-state index >= 15 is 0 Å². The number of hydrogen-bond acceptors (Lipinski definition) is 5. The van der Waals surface area contributed by atoms with Crippen LogP contribution in [-0.4, -0.2) is 41.6 Å². The second kappa shape index (κ2) is 11.2. The number of amides is 1. The number of rotatable bonds is 10. The Morgan fingerprint density at radius 3 is 2.42 bits per heavy atom. The molecular formula is C24H29FN2O5S. The highest BCUT2D eigenvalue weighted by molar-refractivity contribution is 7.92. The lowest BCUT2D eigenvalue weighted by Gasteiger charge is -2.24. The fourth-order valence-electron chi connectivity index (χ4n) is 3.71. The van der Waals surface area contributed by atoms with Gasteiger partial charge in [0.2, 0.25) is 5.91 Å². The number of nitrogens with one attached hydrogen (secondary N) is 1. The summed E-state index contributed by atoms with van der Waals surface area (Å²) in [6.07, 6.45) is 7.39. The summed E-state index contributed by atoms with van der Waals surface area (Å²) < 4.78 is 51.8. The van der Waals surface area contributed by atoms with Gasteiger partial charge in [-0.15, -0.1) is 0 Å². The van der Waals surface area contributed by atoms with Crippen molar-refractivity contribution in [2.45, 2.75) is 37.0 Å². The normalized spacial score (nSPS) is 13.7. The summed E-state index contributed by atoms with van der Waals surface area (Å²) in [6.45, 7) is -0.0142. The number of sulfonamides is 1. The second-order valence-corrected chi connectivity index (χ2v) is 9.58. The van der Waals surface area contributed by atoms with Crippen LogP contribution in [0.15, 0.2) is 59.0 Å². The van der Waals surface area contributed by atoms with E-state index in [1.165, 1.54) is 56.5 Å². The summed E-state index contributed by atoms with van der Waals surface area (Å²) in [7, 11) is -1.31. The van der Waals surface area contributed by atoms with E-state index in [-0.39, 0.29) is 16.3 Å². The molecule has 0 atom stereocenters. The summed E-state index contributed by atoms with van der Waals surface area (Å²) in [4.78, 5) is 12.6. The van der Waals surface area contributed by atoms with E-state index in [9.17, 15) is 17.6 Å². The van der Waals surface area contributed by atoms with Crippen molar-refractivity contribution in [2.75, 3.05) is 31.6 Å². The summed E-state index contributed by atoms with van der Waals surface area (Å²) in [6, 6.07) is 9.15. The fraction of sp³-hybridized carbons (Fsp3) is 0.375. The van der Waals surface area contributed by atoms with Crippen LogP contribution < -0.4 is 19.1 Å². The Morgan fingerprint density at radius 1 is 1.06 bits per heavy atom. The third-order valence-electron chi connectivity index (χ3n) is 5.50. The van der Waals surface area contributed by atoms with Gasteiger partial charge >= 0.3 is 0 Å². The zero-order valence-electron chi connectivity index (χ0n) is 18.8. The molecule has 33 heavy (non-hydrogen) atoms. The van der Waals surface area contributed by atoms with Gasteiger partial charge in [0.1, 0.15) is 12.4 Å². The number of nitrogens with zero attached hydrogens (tertiary/aromatic N) is 1. The number of carbonyl (C=O) groups is 1. The Balaban J connectivity index is 1.82. The van der Waals surface area contributed by atoms with Gasteiger partial charge in [-0.1, -0.05) is 11.6 Å². The zero-order valence-corrected chi connectivity index (χ0v) is 19.7. The molecule has 0 saturated heterocycles. The number of benzene rings is 2. The molecule has 0 bridgehead atoms. The molecule has 0 fully saturated rings. The highest BCUT2D eigenvalue weighted by Crippen LogP contribution is 2.32. The van der Waals surface area contributed by atoms with Crippen molar-refractivity contribution in [2.24, 2.45) is 0 Å². The molecule has 7 nitrogen and oxygen atoms in total. The van der Waals surface area contributed by atoms with E-state index in [0.29, 0.717) is 12.3 Å². The van der Waals surface area contributed by atoms with E-state index in [1.54, 1.807) is 0 Å². The molecule has 0 heterocycles. The number of hydrogen-bond donors (Lipinski definition) is 1. The van der Waals surface area contributed by atoms with Gasteiger partial charge in [0, 0.05) is 12.6 Å². The maximum absolute atomic E-state index is 13.5. The van der Waals surface area contributed by atoms with E-state index in [0.717, 1.165) is 42.1 Å². The zero-order chi connectivity index (χ0) is 23.8. The maximum atomic E-state index is 13.5. The van der Waals surface area contributed by atoms with Crippen LogP contribution in [0.2, 0.25) is 0 Å². The van der Waals surface area contributed by atoms with Crippen molar-refractivity contribution < 1.29 is 27.1 Å². The van der Waals surface area contributed by atoms with Crippen molar-refractivity contribution in [1.82, 2.24) is 5.32 Å². The first kappa shape index (κ1) is 24.6. The molecule has 0 aromatic heterocycles. The Labute approximate surface area is 194 Å². The number of halogens is 1. The molecule has 1 N–H and O–H groups in total. The molecule has 2 aromatic carbocycles. The van der Waals surface area contributed by atoms with E-state index in [2.05, 4.69) is 11.4 Å². The maximum Gasteiger partial charge on any atom is 0.264 e. The molecule has 0 aliphatic heterocycles. The third-order valence-corrected chi connectivity index (χ3v) is 7.27. The van der Waals surface area contributed by atoms with Crippen LogP contribution in [0.3, 0.4) is 0 Å². The van der Waals surface area contributed by atoms with Gasteiger partial charge in [0.15, 0.2) is 11.5 Å². The minimum Gasteiger partial charge on any atom is -0.493 e. The minimum atomic E-state index is -4.16. The second-order valence-electron chi connectivity index (χ2n) is 7.71. The van der Waals surface area contributed by atoms with Crippen LogP contribution in [-0.2, 0) is 14.8 Å². The van der Waals surface area contributed by atoms with Crippen LogP contribution in [0.1, 0.15) is 32.1 Å². The molecule has 9 heteroatoms. The molecule has 1 aliphatic carbocycles. The van der Waals surface area contributed by atoms with Crippen LogP contribution in [0.4, 0.5) is 10.1 Å². The first-order chi connectivity index (χ1) is 15.8. The van der Waals surface area contributed by atoms with Crippen LogP contribution in [0.5, 0.6) is 11.5 Å². The van der Waals surface area contributed by atoms with Gasteiger partial charge in [0.05, 0.1) is 24.8 Å². The van der Waals surface area contributed by atoms with Crippen molar-refractivity contribution in [3.8, 4) is 11.5 Å². The Bertz CT molecular complexity index is 1100. The molecule has 0 radical (unpaired) electrons. The van der Waals surface area contributed by atoms with Gasteiger partial charge in [0.25, 0.3) is 10.0 Å².